The number of aromatic nitrogens is 2. The molecule has 1 unspecified atom stereocenters. The molecule has 25 heavy (non-hydrogen) atoms. The van der Waals surface area contributed by atoms with Gasteiger partial charge in [-0.2, -0.15) is 5.10 Å². The summed E-state index contributed by atoms with van der Waals surface area (Å²) in [6, 6.07) is 12.9. The lowest BCUT2D eigenvalue weighted by Gasteiger charge is -2.25. The van der Waals surface area contributed by atoms with Gasteiger partial charge in [0.05, 0.1) is 11.9 Å². The molecule has 1 heterocycles. The first kappa shape index (κ1) is 17.3. The zero-order valence-electron chi connectivity index (χ0n) is 13.8. The topological polar surface area (TPSA) is 60.9 Å². The second-order valence-electron chi connectivity index (χ2n) is 6.14. The van der Waals surface area contributed by atoms with Crippen LogP contribution in [0.2, 0.25) is 0 Å². The molecule has 1 aromatic heterocycles. The number of aromatic amines is 1. The lowest BCUT2D eigenvalue weighted by molar-refractivity contribution is 0.0528. The molecule has 0 spiro atoms. The third-order valence-electron chi connectivity index (χ3n) is 4.08. The van der Waals surface area contributed by atoms with Crippen molar-refractivity contribution in [3.05, 3.63) is 77.5 Å². The molecule has 0 aliphatic heterocycles. The molecule has 0 radical (unpaired) electrons. The van der Waals surface area contributed by atoms with Crippen LogP contribution in [0.4, 0.5) is 8.78 Å². The Bertz CT molecular complexity index is 847. The smallest absolute Gasteiger partial charge is 0.132 e. The van der Waals surface area contributed by atoms with Crippen LogP contribution in [0.25, 0.3) is 11.3 Å². The molecule has 3 N–H and O–H groups in total. The van der Waals surface area contributed by atoms with Gasteiger partial charge in [-0.3, -0.25) is 5.10 Å². The standard InChI is InChI=1S/C19H19F2N3O/c1-19(25,16-8-7-15(20)9-17(16)21)12-22-10-14-11-23-24-18(14)13-5-3-2-4-6-13/h2-9,11,22,25H,10,12H2,1H3,(H,23,24). The monoisotopic (exact) mass is 343 g/mol. The van der Waals surface area contributed by atoms with E-state index >= 15 is 0 Å². The maximum Gasteiger partial charge on any atom is 0.132 e. The molecule has 130 valence electrons. The van der Waals surface area contributed by atoms with Crippen molar-refractivity contribution in [3.63, 3.8) is 0 Å². The highest BCUT2D eigenvalue weighted by Crippen LogP contribution is 2.24. The second kappa shape index (κ2) is 7.13. The van der Waals surface area contributed by atoms with E-state index in [2.05, 4.69) is 15.5 Å². The van der Waals surface area contributed by atoms with E-state index in [9.17, 15) is 13.9 Å². The van der Waals surface area contributed by atoms with Gasteiger partial charge in [0, 0.05) is 30.3 Å². The van der Waals surface area contributed by atoms with Crippen LogP contribution < -0.4 is 5.32 Å². The normalized spacial score (nSPS) is 13.6. The first-order chi connectivity index (χ1) is 12.0. The molecular formula is C19H19F2N3O. The van der Waals surface area contributed by atoms with Crippen LogP contribution >= 0.6 is 0 Å². The highest BCUT2D eigenvalue weighted by atomic mass is 19.1. The van der Waals surface area contributed by atoms with Gasteiger partial charge in [0.1, 0.15) is 17.2 Å². The van der Waals surface area contributed by atoms with E-state index in [0.717, 1.165) is 29.0 Å². The summed E-state index contributed by atoms with van der Waals surface area (Å²) in [7, 11) is 0. The maximum absolute atomic E-state index is 13.9. The molecular weight excluding hydrogens is 324 g/mol. The van der Waals surface area contributed by atoms with Gasteiger partial charge in [-0.15, -0.1) is 0 Å². The van der Waals surface area contributed by atoms with Gasteiger partial charge < -0.3 is 10.4 Å². The zero-order valence-corrected chi connectivity index (χ0v) is 13.8. The van der Waals surface area contributed by atoms with Crippen molar-refractivity contribution in [1.29, 1.82) is 0 Å². The van der Waals surface area contributed by atoms with Gasteiger partial charge in [-0.25, -0.2) is 8.78 Å². The number of rotatable bonds is 6. The van der Waals surface area contributed by atoms with Crippen molar-refractivity contribution in [2.24, 2.45) is 0 Å². The minimum Gasteiger partial charge on any atom is -0.384 e. The van der Waals surface area contributed by atoms with Gasteiger partial charge in [-0.1, -0.05) is 36.4 Å². The molecule has 6 heteroatoms. The van der Waals surface area contributed by atoms with E-state index in [-0.39, 0.29) is 12.1 Å². The molecule has 0 aliphatic rings. The van der Waals surface area contributed by atoms with Gasteiger partial charge in [-0.05, 0) is 18.6 Å². The Morgan fingerprint density at radius 2 is 1.92 bits per heavy atom. The van der Waals surface area contributed by atoms with E-state index in [1.165, 1.54) is 13.0 Å². The molecule has 3 rings (SSSR count). The summed E-state index contributed by atoms with van der Waals surface area (Å²) in [5.74, 6) is -1.43. The molecule has 0 saturated heterocycles. The van der Waals surface area contributed by atoms with E-state index < -0.39 is 17.2 Å². The Morgan fingerprint density at radius 1 is 1.16 bits per heavy atom. The summed E-state index contributed by atoms with van der Waals surface area (Å²) in [5, 5.41) is 20.7. The van der Waals surface area contributed by atoms with E-state index in [1.54, 1.807) is 6.20 Å². The molecule has 2 aromatic carbocycles. The SMILES string of the molecule is CC(O)(CNCc1cn[nH]c1-c1ccccc1)c1ccc(F)cc1F. The first-order valence-electron chi connectivity index (χ1n) is 7.93. The lowest BCUT2D eigenvalue weighted by Crippen LogP contribution is -2.36. The van der Waals surface area contributed by atoms with Gasteiger partial charge in [0.15, 0.2) is 0 Å². The molecule has 3 aromatic rings. The van der Waals surface area contributed by atoms with Crippen molar-refractivity contribution in [1.82, 2.24) is 15.5 Å². The number of hydrogen-bond acceptors (Lipinski definition) is 3. The third kappa shape index (κ3) is 3.92. The fraction of sp³-hybridized carbons (Fsp3) is 0.211. The Labute approximate surface area is 144 Å². The van der Waals surface area contributed by atoms with Crippen molar-refractivity contribution < 1.29 is 13.9 Å². The van der Waals surface area contributed by atoms with Crippen LogP contribution in [0.15, 0.2) is 54.7 Å². The molecule has 0 fully saturated rings. The van der Waals surface area contributed by atoms with Crippen LogP contribution in [0, 0.1) is 11.6 Å². The molecule has 1 atom stereocenters. The van der Waals surface area contributed by atoms with E-state index in [0.29, 0.717) is 6.54 Å². The van der Waals surface area contributed by atoms with Crippen molar-refractivity contribution in [2.45, 2.75) is 19.1 Å². The van der Waals surface area contributed by atoms with Crippen LogP contribution in [-0.4, -0.2) is 21.8 Å². The summed E-state index contributed by atoms with van der Waals surface area (Å²) in [6.45, 7) is 2.04. The molecule has 4 nitrogen and oxygen atoms in total. The average molecular weight is 343 g/mol. The average Bonchev–Trinajstić information content (AvgIpc) is 3.03. The Morgan fingerprint density at radius 3 is 2.64 bits per heavy atom. The minimum atomic E-state index is -1.46. The van der Waals surface area contributed by atoms with Crippen molar-refractivity contribution in [2.75, 3.05) is 6.54 Å². The predicted molar refractivity (Wildman–Crippen MR) is 91.7 cm³/mol. The van der Waals surface area contributed by atoms with Crippen LogP contribution in [0.3, 0.4) is 0 Å². The number of hydrogen-bond donors (Lipinski definition) is 3. The fourth-order valence-electron chi connectivity index (χ4n) is 2.76. The first-order valence-corrected chi connectivity index (χ1v) is 7.93. The Kier molecular flexibility index (Phi) is 4.92. The molecule has 0 amide bonds. The number of nitrogens with zero attached hydrogens (tertiary/aromatic N) is 1. The van der Waals surface area contributed by atoms with Gasteiger partial charge in [0.2, 0.25) is 0 Å². The van der Waals surface area contributed by atoms with Crippen LogP contribution in [0.5, 0.6) is 0 Å². The number of H-pyrrole nitrogens is 1. The van der Waals surface area contributed by atoms with Crippen LogP contribution in [-0.2, 0) is 12.1 Å². The van der Waals surface area contributed by atoms with Gasteiger partial charge in [0.25, 0.3) is 0 Å². The number of nitrogens with one attached hydrogen (secondary N) is 2. The van der Waals surface area contributed by atoms with E-state index in [4.69, 9.17) is 0 Å². The molecule has 0 bridgehead atoms. The second-order valence-corrected chi connectivity index (χ2v) is 6.14. The predicted octanol–water partition coefficient (Wildman–Crippen LogP) is 3.35. The summed E-state index contributed by atoms with van der Waals surface area (Å²) in [6.07, 6.45) is 1.71. The fourth-order valence-corrected chi connectivity index (χ4v) is 2.76. The number of aliphatic hydroxyl groups is 1. The molecule has 0 aliphatic carbocycles. The highest BCUT2D eigenvalue weighted by molar-refractivity contribution is 5.62. The largest absolute Gasteiger partial charge is 0.384 e. The van der Waals surface area contributed by atoms with Crippen molar-refractivity contribution >= 4 is 0 Å². The number of benzene rings is 2. The number of halogens is 2. The Hall–Kier alpha value is -2.57. The summed E-state index contributed by atoms with van der Waals surface area (Å²) in [5.41, 5.74) is 1.42. The summed E-state index contributed by atoms with van der Waals surface area (Å²) in [4.78, 5) is 0. The zero-order chi connectivity index (χ0) is 17.9. The maximum atomic E-state index is 13.9. The third-order valence-corrected chi connectivity index (χ3v) is 4.08. The van der Waals surface area contributed by atoms with Crippen molar-refractivity contribution in [3.8, 4) is 11.3 Å². The Balaban J connectivity index is 1.68. The van der Waals surface area contributed by atoms with E-state index in [1.807, 2.05) is 30.3 Å². The van der Waals surface area contributed by atoms with Crippen LogP contribution in [0.1, 0.15) is 18.1 Å². The quantitative estimate of drug-likeness (QED) is 0.643. The van der Waals surface area contributed by atoms with Gasteiger partial charge >= 0.3 is 0 Å². The highest BCUT2D eigenvalue weighted by Gasteiger charge is 2.26. The summed E-state index contributed by atoms with van der Waals surface area (Å²) < 4.78 is 26.9. The lowest BCUT2D eigenvalue weighted by atomic mass is 9.95. The molecule has 0 saturated carbocycles. The minimum absolute atomic E-state index is 0.0527. The summed E-state index contributed by atoms with van der Waals surface area (Å²) >= 11 is 0.